The van der Waals surface area contributed by atoms with Crippen LogP contribution in [0.1, 0.15) is 6.92 Å². The molecule has 0 aliphatic heterocycles. The molecule has 0 aliphatic rings. The van der Waals surface area contributed by atoms with Gasteiger partial charge in [-0.1, -0.05) is 30.4 Å². The Bertz CT molecular complexity index is 452. The third kappa shape index (κ3) is 5.77. The lowest BCUT2D eigenvalue weighted by Gasteiger charge is -2.10. The second-order valence-corrected chi connectivity index (χ2v) is 3.68. The topological polar surface area (TPSA) is 47.6 Å². The highest BCUT2D eigenvalue weighted by Gasteiger charge is 2.02. The molecule has 4 heteroatoms. The van der Waals surface area contributed by atoms with Crippen LogP contribution in [0.4, 0.5) is 0 Å². The minimum absolute atomic E-state index is 0.137. The fourth-order valence-electron chi connectivity index (χ4n) is 1.39. The van der Waals surface area contributed by atoms with Crippen LogP contribution in [0.15, 0.2) is 48.6 Å². The molecule has 0 radical (unpaired) electrons. The molecular formula is C15H19NO3. The minimum Gasteiger partial charge on any atom is -0.493 e. The summed E-state index contributed by atoms with van der Waals surface area (Å²) in [6.45, 7) is 2.73. The molecule has 0 spiro atoms. The predicted molar refractivity (Wildman–Crippen MR) is 75.5 cm³/mol. The third-order valence-electron chi connectivity index (χ3n) is 2.28. The van der Waals surface area contributed by atoms with Crippen molar-refractivity contribution in [2.45, 2.75) is 6.92 Å². The lowest BCUT2D eigenvalue weighted by Crippen LogP contribution is -2.26. The summed E-state index contributed by atoms with van der Waals surface area (Å²) in [7, 11) is 1.59. The number of rotatable bonds is 7. The van der Waals surface area contributed by atoms with Crippen molar-refractivity contribution in [1.82, 2.24) is 5.32 Å². The molecule has 0 bridgehead atoms. The number of para-hydroxylation sites is 2. The van der Waals surface area contributed by atoms with Crippen molar-refractivity contribution in [3.8, 4) is 11.5 Å². The van der Waals surface area contributed by atoms with Crippen LogP contribution in [0.3, 0.4) is 0 Å². The lowest BCUT2D eigenvalue weighted by molar-refractivity contribution is -0.116. The van der Waals surface area contributed by atoms with E-state index in [-0.39, 0.29) is 5.91 Å². The highest BCUT2D eigenvalue weighted by Crippen LogP contribution is 2.25. The summed E-state index contributed by atoms with van der Waals surface area (Å²) in [5.74, 6) is 1.22. The van der Waals surface area contributed by atoms with E-state index in [4.69, 9.17) is 9.47 Å². The molecule has 1 amide bonds. The van der Waals surface area contributed by atoms with Crippen LogP contribution in [0.25, 0.3) is 0 Å². The van der Waals surface area contributed by atoms with Crippen LogP contribution in [-0.2, 0) is 4.79 Å². The van der Waals surface area contributed by atoms with E-state index in [0.29, 0.717) is 24.7 Å². The molecule has 1 aromatic rings. The molecule has 19 heavy (non-hydrogen) atoms. The monoisotopic (exact) mass is 261 g/mol. The SMILES string of the molecule is C/C=C/C=C/C(=O)NCCOc1ccccc1OC. The minimum atomic E-state index is -0.137. The normalized spacial score (nSPS) is 10.8. The number of carbonyl (C=O) groups excluding carboxylic acids is 1. The summed E-state index contributed by atoms with van der Waals surface area (Å²) in [5, 5.41) is 2.72. The fourth-order valence-corrected chi connectivity index (χ4v) is 1.39. The van der Waals surface area contributed by atoms with E-state index < -0.39 is 0 Å². The molecule has 0 fully saturated rings. The first-order valence-electron chi connectivity index (χ1n) is 6.11. The van der Waals surface area contributed by atoms with Gasteiger partial charge in [0.2, 0.25) is 5.91 Å². The largest absolute Gasteiger partial charge is 0.493 e. The van der Waals surface area contributed by atoms with Gasteiger partial charge in [0.25, 0.3) is 0 Å². The van der Waals surface area contributed by atoms with E-state index in [1.165, 1.54) is 6.08 Å². The van der Waals surface area contributed by atoms with Crippen molar-refractivity contribution in [1.29, 1.82) is 0 Å². The van der Waals surface area contributed by atoms with E-state index in [2.05, 4.69) is 5.32 Å². The first-order chi connectivity index (χ1) is 9.27. The van der Waals surface area contributed by atoms with Gasteiger partial charge in [-0.25, -0.2) is 0 Å². The number of hydrogen-bond acceptors (Lipinski definition) is 3. The summed E-state index contributed by atoms with van der Waals surface area (Å²) >= 11 is 0. The summed E-state index contributed by atoms with van der Waals surface area (Å²) in [6.07, 6.45) is 6.82. The zero-order valence-electron chi connectivity index (χ0n) is 11.3. The second-order valence-electron chi connectivity index (χ2n) is 3.68. The van der Waals surface area contributed by atoms with Gasteiger partial charge in [-0.05, 0) is 19.1 Å². The first kappa shape index (κ1) is 14.8. The van der Waals surface area contributed by atoms with E-state index >= 15 is 0 Å². The van der Waals surface area contributed by atoms with Crippen LogP contribution < -0.4 is 14.8 Å². The molecule has 102 valence electrons. The van der Waals surface area contributed by atoms with Gasteiger partial charge in [-0.15, -0.1) is 0 Å². The maximum absolute atomic E-state index is 11.3. The number of ether oxygens (including phenoxy) is 2. The van der Waals surface area contributed by atoms with Gasteiger partial charge in [0.05, 0.1) is 13.7 Å². The maximum atomic E-state index is 11.3. The molecule has 0 heterocycles. The Labute approximate surface area is 113 Å². The highest BCUT2D eigenvalue weighted by molar-refractivity contribution is 5.87. The zero-order valence-corrected chi connectivity index (χ0v) is 11.3. The van der Waals surface area contributed by atoms with E-state index in [1.54, 1.807) is 19.3 Å². The van der Waals surface area contributed by atoms with Crippen molar-refractivity contribution in [2.75, 3.05) is 20.3 Å². The number of nitrogens with one attached hydrogen (secondary N) is 1. The van der Waals surface area contributed by atoms with Gasteiger partial charge < -0.3 is 14.8 Å². The molecule has 0 saturated heterocycles. The van der Waals surface area contributed by atoms with Crippen molar-refractivity contribution in [3.63, 3.8) is 0 Å². The molecule has 4 nitrogen and oxygen atoms in total. The van der Waals surface area contributed by atoms with Crippen LogP contribution in [0.2, 0.25) is 0 Å². The zero-order chi connectivity index (χ0) is 13.9. The molecule has 1 aromatic carbocycles. The Hall–Kier alpha value is -2.23. The van der Waals surface area contributed by atoms with Gasteiger partial charge in [-0.3, -0.25) is 4.79 Å². The number of carbonyl (C=O) groups is 1. The van der Waals surface area contributed by atoms with Crippen molar-refractivity contribution in [3.05, 3.63) is 48.6 Å². The molecule has 0 aliphatic carbocycles. The molecule has 0 aromatic heterocycles. The molecule has 0 saturated carbocycles. The summed E-state index contributed by atoms with van der Waals surface area (Å²) < 4.78 is 10.7. The Kier molecular flexibility index (Phi) is 6.87. The average molecular weight is 261 g/mol. The average Bonchev–Trinajstić information content (AvgIpc) is 2.44. The standard InChI is InChI=1S/C15H19NO3/c1-3-4-5-10-15(17)16-11-12-19-14-9-7-6-8-13(14)18-2/h3-10H,11-12H2,1-2H3,(H,16,17)/b4-3+,10-5+. The van der Waals surface area contributed by atoms with Crippen LogP contribution in [0, 0.1) is 0 Å². The van der Waals surface area contributed by atoms with Crippen molar-refractivity contribution in [2.24, 2.45) is 0 Å². The number of allylic oxidation sites excluding steroid dienone is 3. The second kappa shape index (κ2) is 8.80. The Balaban J connectivity index is 2.29. The van der Waals surface area contributed by atoms with E-state index in [9.17, 15) is 4.79 Å². The Morgan fingerprint density at radius 2 is 2.00 bits per heavy atom. The summed E-state index contributed by atoms with van der Waals surface area (Å²) in [4.78, 5) is 11.3. The molecule has 0 atom stereocenters. The third-order valence-corrected chi connectivity index (χ3v) is 2.28. The molecular weight excluding hydrogens is 242 g/mol. The van der Waals surface area contributed by atoms with Crippen molar-refractivity contribution >= 4 is 5.91 Å². The fraction of sp³-hybridized carbons (Fsp3) is 0.267. The lowest BCUT2D eigenvalue weighted by atomic mass is 10.3. The van der Waals surface area contributed by atoms with E-state index in [1.807, 2.05) is 37.3 Å². The number of methoxy groups -OCH3 is 1. The Morgan fingerprint density at radius 3 is 2.68 bits per heavy atom. The summed E-state index contributed by atoms with van der Waals surface area (Å²) in [5.41, 5.74) is 0. The number of amides is 1. The molecule has 1 N–H and O–H groups in total. The summed E-state index contributed by atoms with van der Waals surface area (Å²) in [6, 6.07) is 7.40. The first-order valence-corrected chi connectivity index (χ1v) is 6.11. The highest BCUT2D eigenvalue weighted by atomic mass is 16.5. The maximum Gasteiger partial charge on any atom is 0.244 e. The quantitative estimate of drug-likeness (QED) is 0.465. The van der Waals surface area contributed by atoms with E-state index in [0.717, 1.165) is 0 Å². The van der Waals surface area contributed by atoms with Crippen LogP contribution in [-0.4, -0.2) is 26.2 Å². The van der Waals surface area contributed by atoms with Gasteiger partial charge in [-0.2, -0.15) is 0 Å². The van der Waals surface area contributed by atoms with Gasteiger partial charge in [0.15, 0.2) is 11.5 Å². The van der Waals surface area contributed by atoms with Crippen LogP contribution >= 0.6 is 0 Å². The van der Waals surface area contributed by atoms with Crippen molar-refractivity contribution < 1.29 is 14.3 Å². The predicted octanol–water partition coefficient (Wildman–Crippen LogP) is 2.32. The van der Waals surface area contributed by atoms with Crippen LogP contribution in [0.5, 0.6) is 11.5 Å². The smallest absolute Gasteiger partial charge is 0.244 e. The molecule has 1 rings (SSSR count). The molecule has 0 unspecified atom stereocenters. The van der Waals surface area contributed by atoms with Gasteiger partial charge in [0, 0.05) is 6.08 Å². The van der Waals surface area contributed by atoms with Gasteiger partial charge >= 0.3 is 0 Å². The number of benzene rings is 1. The number of hydrogen-bond donors (Lipinski definition) is 1. The van der Waals surface area contributed by atoms with Gasteiger partial charge in [0.1, 0.15) is 6.61 Å². The Morgan fingerprint density at radius 1 is 1.26 bits per heavy atom.